The number of hydrogen-bond donors (Lipinski definition) is 1. The van der Waals surface area contributed by atoms with Crippen molar-refractivity contribution in [1.82, 2.24) is 25.1 Å². The Labute approximate surface area is 173 Å². The zero-order valence-electron chi connectivity index (χ0n) is 16.6. The minimum atomic E-state index is -4.38. The maximum absolute atomic E-state index is 13.2. The molecule has 0 aliphatic carbocycles. The molecule has 1 atom stereocenters. The molecule has 158 valence electrons. The molecule has 0 radical (unpaired) electrons. The summed E-state index contributed by atoms with van der Waals surface area (Å²) in [6, 6.07) is 8.74. The highest BCUT2D eigenvalue weighted by Crippen LogP contribution is 2.32. The highest BCUT2D eigenvalue weighted by molar-refractivity contribution is 5.34. The Balaban J connectivity index is 1.53. The lowest BCUT2D eigenvalue weighted by molar-refractivity contribution is -0.137. The van der Waals surface area contributed by atoms with Crippen LogP contribution in [0.4, 0.5) is 13.2 Å². The third kappa shape index (κ3) is 4.70. The molecule has 30 heavy (non-hydrogen) atoms. The summed E-state index contributed by atoms with van der Waals surface area (Å²) in [5.74, 6) is 1.96. The number of alkyl halides is 3. The van der Waals surface area contributed by atoms with E-state index < -0.39 is 11.7 Å². The van der Waals surface area contributed by atoms with Crippen molar-refractivity contribution in [3.8, 4) is 0 Å². The molecule has 0 saturated carbocycles. The van der Waals surface area contributed by atoms with Crippen LogP contribution in [0.3, 0.4) is 0 Å². The van der Waals surface area contributed by atoms with Gasteiger partial charge in [0.1, 0.15) is 11.6 Å². The van der Waals surface area contributed by atoms with Gasteiger partial charge in [-0.25, -0.2) is 0 Å². The van der Waals surface area contributed by atoms with Crippen LogP contribution in [-0.4, -0.2) is 26.3 Å². The molecule has 8 heteroatoms. The quantitative estimate of drug-likeness (QED) is 0.651. The van der Waals surface area contributed by atoms with Crippen molar-refractivity contribution in [3.05, 3.63) is 77.1 Å². The summed E-state index contributed by atoms with van der Waals surface area (Å²) in [7, 11) is 0. The van der Waals surface area contributed by atoms with E-state index in [2.05, 4.69) is 25.1 Å². The first-order chi connectivity index (χ1) is 14.5. The van der Waals surface area contributed by atoms with Gasteiger partial charge in [0.15, 0.2) is 0 Å². The Bertz CT molecular complexity index is 968. The lowest BCUT2D eigenvalue weighted by atomic mass is 9.97. The number of aryl methyl sites for hydroxylation is 1. The first-order valence-electron chi connectivity index (χ1n) is 10.2. The summed E-state index contributed by atoms with van der Waals surface area (Å²) in [4.78, 5) is 4.03. The molecule has 0 unspecified atom stereocenters. The fraction of sp³-hybridized carbons (Fsp3) is 0.409. The molecular weight excluding hydrogens is 391 g/mol. The number of hydrogen-bond acceptors (Lipinski definition) is 4. The predicted molar refractivity (Wildman–Crippen MR) is 107 cm³/mol. The van der Waals surface area contributed by atoms with Crippen molar-refractivity contribution in [1.29, 1.82) is 0 Å². The van der Waals surface area contributed by atoms with Crippen LogP contribution in [0.1, 0.15) is 53.6 Å². The predicted octanol–water partition coefficient (Wildman–Crippen LogP) is 4.34. The molecule has 0 saturated heterocycles. The smallest absolute Gasteiger partial charge is 0.315 e. The van der Waals surface area contributed by atoms with E-state index in [0.717, 1.165) is 49.1 Å². The number of nitrogens with zero attached hydrogens (tertiary/aromatic N) is 4. The summed E-state index contributed by atoms with van der Waals surface area (Å²) in [6.07, 6.45) is 3.98. The number of fused-ring (bicyclic) bond motifs is 1. The van der Waals surface area contributed by atoms with Crippen LogP contribution < -0.4 is 5.32 Å². The van der Waals surface area contributed by atoms with Crippen LogP contribution in [0.25, 0.3) is 0 Å². The molecule has 5 nitrogen and oxygen atoms in total. The van der Waals surface area contributed by atoms with E-state index in [1.807, 2.05) is 12.1 Å². The molecule has 2 aromatic heterocycles. The lowest BCUT2D eigenvalue weighted by Gasteiger charge is -2.21. The zero-order chi connectivity index (χ0) is 21.0. The highest BCUT2D eigenvalue weighted by Gasteiger charge is 2.31. The average molecular weight is 415 g/mol. The van der Waals surface area contributed by atoms with Crippen molar-refractivity contribution >= 4 is 0 Å². The number of rotatable bonds is 6. The standard InChI is InChI=1S/C22H24F3N5/c23-22(24,25)18-6-4-5-17(15-18)21(16-8-11-26-12-9-16)27-13-10-20-29-28-19-7-2-1-3-14-30(19)20/h4-6,8-9,11-12,15,21,27H,1-3,7,10,13-14H2/t21-/m1/s1. The van der Waals surface area contributed by atoms with Crippen molar-refractivity contribution in [2.24, 2.45) is 0 Å². The van der Waals surface area contributed by atoms with E-state index in [1.54, 1.807) is 18.5 Å². The number of benzene rings is 1. The fourth-order valence-electron chi connectivity index (χ4n) is 3.94. The molecule has 1 aromatic carbocycles. The SMILES string of the molecule is FC(F)(F)c1cccc([C@H](NCCc2nnc3n2CCCCC3)c2ccncc2)c1. The van der Waals surface area contributed by atoms with Gasteiger partial charge in [-0.2, -0.15) is 13.2 Å². The summed E-state index contributed by atoms with van der Waals surface area (Å²) in [5, 5.41) is 12.1. The maximum Gasteiger partial charge on any atom is 0.416 e. The number of aromatic nitrogens is 4. The fourth-order valence-corrected chi connectivity index (χ4v) is 3.94. The average Bonchev–Trinajstić information content (AvgIpc) is 2.97. The van der Waals surface area contributed by atoms with Gasteiger partial charge in [-0.1, -0.05) is 18.6 Å². The first-order valence-corrected chi connectivity index (χ1v) is 10.2. The van der Waals surface area contributed by atoms with Gasteiger partial charge >= 0.3 is 6.18 Å². The molecule has 1 aliphatic rings. The molecule has 3 heterocycles. The van der Waals surface area contributed by atoms with Crippen LogP contribution >= 0.6 is 0 Å². The van der Waals surface area contributed by atoms with Crippen molar-refractivity contribution in [3.63, 3.8) is 0 Å². The molecule has 1 aliphatic heterocycles. The van der Waals surface area contributed by atoms with Gasteiger partial charge in [0.25, 0.3) is 0 Å². The summed E-state index contributed by atoms with van der Waals surface area (Å²) in [6.45, 7) is 1.50. The summed E-state index contributed by atoms with van der Waals surface area (Å²) < 4.78 is 41.8. The van der Waals surface area contributed by atoms with E-state index in [0.29, 0.717) is 18.5 Å². The number of halogens is 3. The van der Waals surface area contributed by atoms with Crippen LogP contribution in [0, 0.1) is 0 Å². The third-order valence-electron chi connectivity index (χ3n) is 5.47. The lowest BCUT2D eigenvalue weighted by Crippen LogP contribution is -2.26. The molecule has 3 aromatic rings. The van der Waals surface area contributed by atoms with Gasteiger partial charge in [0.05, 0.1) is 11.6 Å². The van der Waals surface area contributed by atoms with Gasteiger partial charge in [0, 0.05) is 38.3 Å². The van der Waals surface area contributed by atoms with Crippen molar-refractivity contribution in [2.45, 2.75) is 50.9 Å². The number of nitrogens with one attached hydrogen (secondary N) is 1. The van der Waals surface area contributed by atoms with Crippen molar-refractivity contribution in [2.75, 3.05) is 6.54 Å². The molecule has 0 spiro atoms. The summed E-state index contributed by atoms with van der Waals surface area (Å²) >= 11 is 0. The van der Waals surface area contributed by atoms with Gasteiger partial charge in [-0.05, 0) is 48.2 Å². The van der Waals surface area contributed by atoms with Crippen LogP contribution in [0.15, 0.2) is 48.8 Å². The third-order valence-corrected chi connectivity index (χ3v) is 5.47. The second-order valence-corrected chi connectivity index (χ2v) is 7.54. The maximum atomic E-state index is 13.2. The first kappa shape index (κ1) is 20.5. The molecule has 0 amide bonds. The van der Waals surface area contributed by atoms with Crippen molar-refractivity contribution < 1.29 is 13.2 Å². The Hall–Kier alpha value is -2.74. The van der Waals surface area contributed by atoms with Gasteiger partial charge in [0.2, 0.25) is 0 Å². The van der Waals surface area contributed by atoms with E-state index in [9.17, 15) is 13.2 Å². The normalized spacial score (nSPS) is 15.4. The van der Waals surface area contributed by atoms with Gasteiger partial charge in [-0.15, -0.1) is 10.2 Å². The minimum absolute atomic E-state index is 0.373. The Morgan fingerprint density at radius 1 is 1.00 bits per heavy atom. The van der Waals surface area contributed by atoms with E-state index >= 15 is 0 Å². The van der Waals surface area contributed by atoms with E-state index in [1.165, 1.54) is 18.6 Å². The molecule has 4 rings (SSSR count). The van der Waals surface area contributed by atoms with Crippen LogP contribution in [0.2, 0.25) is 0 Å². The zero-order valence-corrected chi connectivity index (χ0v) is 16.6. The monoisotopic (exact) mass is 415 g/mol. The highest BCUT2D eigenvalue weighted by atomic mass is 19.4. The Morgan fingerprint density at radius 2 is 1.83 bits per heavy atom. The van der Waals surface area contributed by atoms with E-state index in [4.69, 9.17) is 0 Å². The number of pyridine rings is 1. The Kier molecular flexibility index (Phi) is 6.13. The van der Waals surface area contributed by atoms with E-state index in [-0.39, 0.29) is 6.04 Å². The van der Waals surface area contributed by atoms with Crippen LogP contribution in [-0.2, 0) is 25.6 Å². The molecule has 0 fully saturated rings. The van der Waals surface area contributed by atoms with Gasteiger partial charge in [-0.3, -0.25) is 4.98 Å². The van der Waals surface area contributed by atoms with Crippen LogP contribution in [0.5, 0.6) is 0 Å². The second-order valence-electron chi connectivity index (χ2n) is 7.54. The largest absolute Gasteiger partial charge is 0.416 e. The topological polar surface area (TPSA) is 55.6 Å². The minimum Gasteiger partial charge on any atom is -0.315 e. The molecule has 1 N–H and O–H groups in total. The summed E-state index contributed by atoms with van der Waals surface area (Å²) in [5.41, 5.74) is 0.782. The molecular formula is C22H24F3N5. The second kappa shape index (κ2) is 8.95. The van der Waals surface area contributed by atoms with Gasteiger partial charge < -0.3 is 9.88 Å². The Morgan fingerprint density at radius 3 is 2.63 bits per heavy atom. The molecule has 0 bridgehead atoms.